The van der Waals surface area contributed by atoms with E-state index in [1.807, 2.05) is 0 Å². The van der Waals surface area contributed by atoms with E-state index in [1.54, 1.807) is 0 Å². The number of rotatable bonds is 6. The average Bonchev–Trinajstić information content (AvgIpc) is 3.98. The van der Waals surface area contributed by atoms with Crippen LogP contribution in [-0.4, -0.2) is 0 Å². The molecule has 0 saturated heterocycles. The van der Waals surface area contributed by atoms with E-state index in [4.69, 9.17) is 0 Å². The molecule has 1 heteroatoms. The van der Waals surface area contributed by atoms with Gasteiger partial charge in [-0.2, -0.15) is 0 Å². The van der Waals surface area contributed by atoms with Gasteiger partial charge in [0.1, 0.15) is 0 Å². The van der Waals surface area contributed by atoms with Crippen molar-refractivity contribution in [3.8, 4) is 44.5 Å². The van der Waals surface area contributed by atoms with Crippen LogP contribution in [0, 0.1) is 0 Å². The van der Waals surface area contributed by atoms with Crippen molar-refractivity contribution in [1.82, 2.24) is 0 Å². The lowest BCUT2D eigenvalue weighted by atomic mass is 9.57. The van der Waals surface area contributed by atoms with Gasteiger partial charge in [0.15, 0.2) is 0 Å². The monoisotopic (exact) mass is 867 g/mol. The van der Waals surface area contributed by atoms with Gasteiger partial charge in [0.25, 0.3) is 0 Å². The normalized spacial score (nSPS) is 15.8. The Hall–Kier alpha value is -8.00. The van der Waals surface area contributed by atoms with Crippen LogP contribution in [0.2, 0.25) is 0 Å². The Labute approximate surface area is 399 Å². The minimum absolute atomic E-state index is 0.0201. The Morgan fingerprint density at radius 2 is 0.588 bits per heavy atom. The fraction of sp³-hybridized carbons (Fsp3) is 0.104. The average molecular weight is 868 g/mol. The summed E-state index contributed by atoms with van der Waals surface area (Å²) in [5.74, 6) is 0. The fourth-order valence-electron chi connectivity index (χ4n) is 13.6. The zero-order valence-corrected chi connectivity index (χ0v) is 37.9. The molecule has 0 bridgehead atoms. The Balaban J connectivity index is 0.957. The van der Waals surface area contributed by atoms with Crippen LogP contribution in [0.5, 0.6) is 0 Å². The third-order valence-electron chi connectivity index (χ3n) is 16.6. The SMILES string of the molecule is c1ccc(-c2ccc(N(c3ccc4c(c3)C3(CCC5(CC3)c3ccccc3-c3ccccc35)c3ccccc3-4)c3ccc4c(c3)C(c3ccccc3)(c3ccccc3)c3ccccc3-4)cc2)cc1. The molecule has 1 fully saturated rings. The van der Waals surface area contributed by atoms with Crippen LogP contribution in [-0.2, 0) is 16.2 Å². The van der Waals surface area contributed by atoms with E-state index in [0.29, 0.717) is 0 Å². The number of hydrogen-bond acceptors (Lipinski definition) is 1. The molecule has 0 radical (unpaired) electrons. The molecule has 10 aromatic rings. The van der Waals surface area contributed by atoms with Crippen LogP contribution in [0.4, 0.5) is 17.1 Å². The van der Waals surface area contributed by atoms with E-state index < -0.39 is 5.41 Å². The van der Waals surface area contributed by atoms with Gasteiger partial charge in [-0.3, -0.25) is 0 Å². The summed E-state index contributed by atoms with van der Waals surface area (Å²) in [4.78, 5) is 2.53. The molecule has 68 heavy (non-hydrogen) atoms. The first-order valence-corrected chi connectivity index (χ1v) is 24.4. The molecule has 322 valence electrons. The van der Waals surface area contributed by atoms with E-state index in [0.717, 1.165) is 37.1 Å². The van der Waals surface area contributed by atoms with E-state index in [-0.39, 0.29) is 10.8 Å². The van der Waals surface area contributed by atoms with Gasteiger partial charge >= 0.3 is 0 Å². The number of fused-ring (bicyclic) bond motifs is 13. The molecule has 4 aliphatic rings. The van der Waals surface area contributed by atoms with Gasteiger partial charge in [-0.25, -0.2) is 0 Å². The van der Waals surface area contributed by atoms with Crippen molar-refractivity contribution in [1.29, 1.82) is 0 Å². The van der Waals surface area contributed by atoms with Gasteiger partial charge < -0.3 is 4.90 Å². The second-order valence-corrected chi connectivity index (χ2v) is 19.5. The highest BCUT2D eigenvalue weighted by atomic mass is 15.1. The molecule has 0 amide bonds. The largest absolute Gasteiger partial charge is 0.310 e. The first-order chi connectivity index (χ1) is 33.7. The van der Waals surface area contributed by atoms with Gasteiger partial charge in [0.05, 0.1) is 5.41 Å². The highest BCUT2D eigenvalue weighted by Crippen LogP contribution is 2.64. The number of hydrogen-bond donors (Lipinski definition) is 0. The summed E-state index contributed by atoms with van der Waals surface area (Å²) < 4.78 is 0. The van der Waals surface area contributed by atoms with Gasteiger partial charge in [0.2, 0.25) is 0 Å². The molecular weight excluding hydrogens is 819 g/mol. The van der Waals surface area contributed by atoms with Crippen LogP contribution >= 0.6 is 0 Å². The molecule has 0 aliphatic heterocycles. The molecule has 4 aliphatic carbocycles. The van der Waals surface area contributed by atoms with Crippen LogP contribution in [0.15, 0.2) is 249 Å². The summed E-state index contributed by atoms with van der Waals surface area (Å²) in [5.41, 5.74) is 24.6. The van der Waals surface area contributed by atoms with Gasteiger partial charge in [-0.05, 0) is 151 Å². The Morgan fingerprint density at radius 3 is 1.09 bits per heavy atom. The predicted octanol–water partition coefficient (Wildman–Crippen LogP) is 17.0. The zero-order valence-electron chi connectivity index (χ0n) is 37.9. The number of nitrogens with zero attached hydrogens (tertiary/aromatic N) is 1. The minimum atomic E-state index is -0.507. The molecular formula is C67H49N. The quantitative estimate of drug-likeness (QED) is 0.161. The molecule has 0 heterocycles. The van der Waals surface area contributed by atoms with Crippen molar-refractivity contribution >= 4 is 17.1 Å². The smallest absolute Gasteiger partial charge is 0.0714 e. The molecule has 10 aromatic carbocycles. The first-order valence-electron chi connectivity index (χ1n) is 24.4. The highest BCUT2D eigenvalue weighted by Gasteiger charge is 2.53. The lowest BCUT2D eigenvalue weighted by Crippen LogP contribution is -2.39. The Bertz CT molecular complexity index is 3470. The number of benzene rings is 10. The van der Waals surface area contributed by atoms with Crippen molar-refractivity contribution in [3.05, 3.63) is 293 Å². The number of anilines is 3. The van der Waals surface area contributed by atoms with Gasteiger partial charge in [-0.1, -0.05) is 212 Å². The van der Waals surface area contributed by atoms with Gasteiger partial charge in [0, 0.05) is 27.9 Å². The lowest BCUT2D eigenvalue weighted by Gasteiger charge is -2.45. The lowest BCUT2D eigenvalue weighted by molar-refractivity contribution is 0.265. The van der Waals surface area contributed by atoms with Crippen LogP contribution < -0.4 is 4.90 Å². The summed E-state index contributed by atoms with van der Waals surface area (Å²) in [5, 5.41) is 0. The van der Waals surface area contributed by atoms with E-state index in [2.05, 4.69) is 254 Å². The maximum atomic E-state index is 2.58. The molecule has 14 rings (SSSR count). The predicted molar refractivity (Wildman–Crippen MR) is 281 cm³/mol. The summed E-state index contributed by atoms with van der Waals surface area (Å²) in [6.07, 6.45) is 4.39. The van der Waals surface area contributed by atoms with Gasteiger partial charge in [-0.15, -0.1) is 0 Å². The van der Waals surface area contributed by atoms with Crippen LogP contribution in [0.25, 0.3) is 44.5 Å². The maximum absolute atomic E-state index is 2.58. The molecule has 1 saturated carbocycles. The molecule has 0 unspecified atom stereocenters. The second-order valence-electron chi connectivity index (χ2n) is 19.5. The second kappa shape index (κ2) is 15.0. The highest BCUT2D eigenvalue weighted by molar-refractivity contribution is 5.91. The third kappa shape index (κ3) is 5.45. The molecule has 1 nitrogen and oxygen atoms in total. The van der Waals surface area contributed by atoms with Crippen molar-refractivity contribution < 1.29 is 0 Å². The van der Waals surface area contributed by atoms with E-state index in [1.165, 1.54) is 94.7 Å². The zero-order chi connectivity index (χ0) is 44.9. The van der Waals surface area contributed by atoms with Crippen molar-refractivity contribution in [2.75, 3.05) is 4.90 Å². The standard InChI is InChI=1S/C67H49N/c1-4-18-46(19-5-1)47-32-34-50(35-33-47)68(52-37-39-58-56-27-13-17-31-62(56)67(64(58)45-52,48-20-6-2-7-21-48)49-22-8-3-9-23-49)51-36-38-57-55-26-12-16-30-61(55)66(63(57)44-51)42-40-65(41-43-66)59-28-14-10-24-53(59)54-25-11-15-29-60(54)65/h1-39,44-45H,40-43H2. The Morgan fingerprint density at radius 1 is 0.250 bits per heavy atom. The summed E-state index contributed by atoms with van der Waals surface area (Å²) in [7, 11) is 0. The van der Waals surface area contributed by atoms with Crippen molar-refractivity contribution in [2.24, 2.45) is 0 Å². The maximum Gasteiger partial charge on any atom is 0.0714 e. The molecule has 0 N–H and O–H groups in total. The molecule has 0 atom stereocenters. The van der Waals surface area contributed by atoms with Crippen LogP contribution in [0.1, 0.15) is 70.2 Å². The topological polar surface area (TPSA) is 3.24 Å². The summed E-state index contributed by atoms with van der Waals surface area (Å²) in [6.45, 7) is 0. The van der Waals surface area contributed by atoms with Crippen molar-refractivity contribution in [2.45, 2.75) is 41.9 Å². The fourth-order valence-corrected chi connectivity index (χ4v) is 13.6. The molecule has 0 aromatic heterocycles. The van der Waals surface area contributed by atoms with E-state index in [9.17, 15) is 0 Å². The molecule has 2 spiro atoms. The minimum Gasteiger partial charge on any atom is -0.310 e. The van der Waals surface area contributed by atoms with Crippen molar-refractivity contribution in [3.63, 3.8) is 0 Å². The first kappa shape index (κ1) is 39.2. The Kier molecular flexibility index (Phi) is 8.65. The summed E-state index contributed by atoms with van der Waals surface area (Å²) in [6, 6.07) is 93.9. The summed E-state index contributed by atoms with van der Waals surface area (Å²) >= 11 is 0. The van der Waals surface area contributed by atoms with E-state index >= 15 is 0 Å². The van der Waals surface area contributed by atoms with Crippen LogP contribution in [0.3, 0.4) is 0 Å². The third-order valence-corrected chi connectivity index (χ3v) is 16.6.